The van der Waals surface area contributed by atoms with E-state index in [0.717, 1.165) is 24.1 Å². The van der Waals surface area contributed by atoms with Crippen LogP contribution in [0.15, 0.2) is 41.2 Å². The lowest BCUT2D eigenvalue weighted by Crippen LogP contribution is -2.38. The van der Waals surface area contributed by atoms with Crippen molar-refractivity contribution in [2.45, 2.75) is 32.3 Å². The molecular formula is C21H23N5O3. The van der Waals surface area contributed by atoms with Gasteiger partial charge in [-0.3, -0.25) is 9.78 Å². The summed E-state index contributed by atoms with van der Waals surface area (Å²) in [5, 5.41) is 4.12. The number of piperidine rings is 1. The Bertz CT molecular complexity index is 961. The van der Waals surface area contributed by atoms with Crippen LogP contribution in [0, 0.1) is 6.92 Å². The summed E-state index contributed by atoms with van der Waals surface area (Å²) >= 11 is 0. The number of carbonyl (C=O) groups excluding carboxylic acids is 1. The van der Waals surface area contributed by atoms with E-state index in [0.29, 0.717) is 42.7 Å². The molecule has 3 aromatic rings. The maximum absolute atomic E-state index is 12.8. The topological polar surface area (TPSA) is 94.2 Å². The summed E-state index contributed by atoms with van der Waals surface area (Å²) in [5.41, 5.74) is 3.15. The SMILES string of the molecule is COCc1ccc(C(=O)N2CCC(c3noc(-c4cnc(C)cn4)n3)CC2)cc1. The fraction of sp³-hybridized carbons (Fsp3) is 0.381. The molecule has 2 aromatic heterocycles. The normalized spacial score (nSPS) is 14.9. The Kier molecular flexibility index (Phi) is 5.62. The first-order chi connectivity index (χ1) is 14.1. The Balaban J connectivity index is 1.37. The first-order valence-electron chi connectivity index (χ1n) is 9.64. The molecule has 1 aliphatic rings. The van der Waals surface area contributed by atoms with Gasteiger partial charge in [-0.05, 0) is 37.5 Å². The summed E-state index contributed by atoms with van der Waals surface area (Å²) in [6.07, 6.45) is 4.90. The summed E-state index contributed by atoms with van der Waals surface area (Å²) in [6.45, 7) is 3.74. The van der Waals surface area contributed by atoms with Gasteiger partial charge in [-0.1, -0.05) is 17.3 Å². The number of methoxy groups -OCH3 is 1. The predicted octanol–water partition coefficient (Wildman–Crippen LogP) is 3.00. The van der Waals surface area contributed by atoms with Crippen molar-refractivity contribution in [3.63, 3.8) is 0 Å². The molecule has 0 bridgehead atoms. The minimum Gasteiger partial charge on any atom is -0.380 e. The second kappa shape index (κ2) is 8.48. The van der Waals surface area contributed by atoms with Gasteiger partial charge in [-0.15, -0.1) is 0 Å². The van der Waals surface area contributed by atoms with Crippen LogP contribution in [0.1, 0.15) is 46.2 Å². The van der Waals surface area contributed by atoms with Crippen LogP contribution in [0.5, 0.6) is 0 Å². The predicted molar refractivity (Wildman–Crippen MR) is 105 cm³/mol. The third-order valence-corrected chi connectivity index (χ3v) is 5.10. The molecule has 1 saturated heterocycles. The molecule has 3 heterocycles. The van der Waals surface area contributed by atoms with Crippen LogP contribution in [0.2, 0.25) is 0 Å². The average molecular weight is 393 g/mol. The van der Waals surface area contributed by atoms with Crippen molar-refractivity contribution < 1.29 is 14.1 Å². The molecule has 1 aromatic carbocycles. The van der Waals surface area contributed by atoms with Crippen molar-refractivity contribution in [2.75, 3.05) is 20.2 Å². The molecule has 29 heavy (non-hydrogen) atoms. The standard InChI is InChI=1S/C21H23N5O3/c1-14-11-23-18(12-22-14)20-24-19(25-29-20)16-7-9-26(10-8-16)21(27)17-5-3-15(4-6-17)13-28-2/h3-6,11-12,16H,7-10,13H2,1-2H3. The van der Waals surface area contributed by atoms with Gasteiger partial charge < -0.3 is 14.2 Å². The van der Waals surface area contributed by atoms with Crippen LogP contribution < -0.4 is 0 Å². The zero-order valence-corrected chi connectivity index (χ0v) is 16.5. The molecule has 8 nitrogen and oxygen atoms in total. The molecule has 1 aliphatic heterocycles. The van der Waals surface area contributed by atoms with Gasteiger partial charge in [0, 0.05) is 37.9 Å². The lowest BCUT2D eigenvalue weighted by atomic mass is 9.95. The first kappa shape index (κ1) is 19.2. The maximum atomic E-state index is 12.8. The van der Waals surface area contributed by atoms with Crippen LogP contribution in [0.4, 0.5) is 0 Å². The Morgan fingerprint density at radius 1 is 1.17 bits per heavy atom. The Morgan fingerprint density at radius 2 is 1.93 bits per heavy atom. The number of rotatable bonds is 5. The smallest absolute Gasteiger partial charge is 0.278 e. The fourth-order valence-corrected chi connectivity index (χ4v) is 3.44. The number of hydrogen-bond donors (Lipinski definition) is 0. The molecule has 0 aliphatic carbocycles. The summed E-state index contributed by atoms with van der Waals surface area (Å²) in [7, 11) is 1.66. The van der Waals surface area contributed by atoms with Gasteiger partial charge in [0.1, 0.15) is 5.69 Å². The van der Waals surface area contributed by atoms with Crippen molar-refractivity contribution in [3.05, 3.63) is 59.3 Å². The van der Waals surface area contributed by atoms with Crippen LogP contribution in [-0.2, 0) is 11.3 Å². The number of benzene rings is 1. The summed E-state index contributed by atoms with van der Waals surface area (Å²) < 4.78 is 10.5. The van der Waals surface area contributed by atoms with E-state index in [1.54, 1.807) is 19.5 Å². The van der Waals surface area contributed by atoms with Gasteiger partial charge in [0.2, 0.25) is 0 Å². The van der Waals surface area contributed by atoms with E-state index in [1.165, 1.54) is 0 Å². The second-order valence-electron chi connectivity index (χ2n) is 7.20. The summed E-state index contributed by atoms with van der Waals surface area (Å²) in [6, 6.07) is 7.57. The van der Waals surface area contributed by atoms with Crippen molar-refractivity contribution >= 4 is 5.91 Å². The number of ether oxygens (including phenoxy) is 1. The molecule has 0 unspecified atom stereocenters. The molecule has 1 fully saturated rings. The lowest BCUT2D eigenvalue weighted by molar-refractivity contribution is 0.0710. The van der Waals surface area contributed by atoms with Crippen LogP contribution >= 0.6 is 0 Å². The molecule has 0 radical (unpaired) electrons. The summed E-state index contributed by atoms with van der Waals surface area (Å²) in [5.74, 6) is 1.26. The number of likely N-dealkylation sites (tertiary alicyclic amines) is 1. The molecule has 8 heteroatoms. The molecule has 0 atom stereocenters. The fourth-order valence-electron chi connectivity index (χ4n) is 3.44. The van der Waals surface area contributed by atoms with Crippen molar-refractivity contribution in [3.8, 4) is 11.6 Å². The van der Waals surface area contributed by atoms with Crippen LogP contribution in [0.3, 0.4) is 0 Å². The van der Waals surface area contributed by atoms with E-state index in [2.05, 4.69) is 20.1 Å². The highest BCUT2D eigenvalue weighted by atomic mass is 16.5. The second-order valence-corrected chi connectivity index (χ2v) is 7.20. The highest BCUT2D eigenvalue weighted by molar-refractivity contribution is 5.94. The number of aryl methyl sites for hydroxylation is 1. The van der Waals surface area contributed by atoms with Gasteiger partial charge in [0.25, 0.3) is 11.8 Å². The van der Waals surface area contributed by atoms with Crippen LogP contribution in [0.25, 0.3) is 11.6 Å². The van der Waals surface area contributed by atoms with E-state index < -0.39 is 0 Å². The Hall–Kier alpha value is -3.13. The molecule has 1 amide bonds. The van der Waals surface area contributed by atoms with Gasteiger partial charge in [0.15, 0.2) is 5.82 Å². The molecule has 4 rings (SSSR count). The Labute approximate surface area is 168 Å². The molecule has 150 valence electrons. The van der Waals surface area contributed by atoms with E-state index in [4.69, 9.17) is 9.26 Å². The van der Waals surface area contributed by atoms with Gasteiger partial charge in [-0.2, -0.15) is 4.98 Å². The van der Waals surface area contributed by atoms with E-state index in [9.17, 15) is 4.79 Å². The highest BCUT2D eigenvalue weighted by Gasteiger charge is 2.28. The lowest BCUT2D eigenvalue weighted by Gasteiger charge is -2.30. The average Bonchev–Trinajstić information content (AvgIpc) is 3.25. The van der Waals surface area contributed by atoms with E-state index in [-0.39, 0.29) is 11.8 Å². The van der Waals surface area contributed by atoms with Crippen LogP contribution in [-0.4, -0.2) is 51.1 Å². The minimum absolute atomic E-state index is 0.0520. The third-order valence-electron chi connectivity index (χ3n) is 5.10. The van der Waals surface area contributed by atoms with Gasteiger partial charge in [0.05, 0.1) is 18.5 Å². The van der Waals surface area contributed by atoms with E-state index >= 15 is 0 Å². The molecule has 0 N–H and O–H groups in total. The first-order valence-corrected chi connectivity index (χ1v) is 9.64. The number of nitrogens with zero attached hydrogens (tertiary/aromatic N) is 5. The van der Waals surface area contributed by atoms with Crippen molar-refractivity contribution in [1.82, 2.24) is 25.0 Å². The molecule has 0 saturated carbocycles. The highest BCUT2D eigenvalue weighted by Crippen LogP contribution is 2.28. The van der Waals surface area contributed by atoms with E-state index in [1.807, 2.05) is 36.1 Å². The van der Waals surface area contributed by atoms with Crippen molar-refractivity contribution in [2.24, 2.45) is 0 Å². The monoisotopic (exact) mass is 393 g/mol. The largest absolute Gasteiger partial charge is 0.380 e. The number of carbonyl (C=O) groups is 1. The van der Waals surface area contributed by atoms with Gasteiger partial charge >= 0.3 is 0 Å². The minimum atomic E-state index is 0.0520. The Morgan fingerprint density at radius 3 is 2.59 bits per heavy atom. The zero-order chi connectivity index (χ0) is 20.2. The quantitative estimate of drug-likeness (QED) is 0.658. The maximum Gasteiger partial charge on any atom is 0.278 e. The van der Waals surface area contributed by atoms with Gasteiger partial charge in [-0.25, -0.2) is 4.98 Å². The summed E-state index contributed by atoms with van der Waals surface area (Å²) in [4.78, 5) is 27.6. The zero-order valence-electron chi connectivity index (χ0n) is 16.5. The number of aromatic nitrogens is 4. The number of amides is 1. The molecule has 0 spiro atoms. The number of hydrogen-bond acceptors (Lipinski definition) is 7. The third kappa shape index (κ3) is 4.32. The molecular weight excluding hydrogens is 370 g/mol. The van der Waals surface area contributed by atoms with Crippen molar-refractivity contribution in [1.29, 1.82) is 0 Å².